The Labute approximate surface area is 587 Å². The maximum absolute atomic E-state index is 15.2. The number of esters is 2. The topological polar surface area (TPSA) is 457 Å². The molecule has 8 aromatic rings. The van der Waals surface area contributed by atoms with Gasteiger partial charge in [0.2, 0.25) is 11.8 Å². The Morgan fingerprint density at radius 1 is 0.860 bits per heavy atom. The van der Waals surface area contributed by atoms with Crippen LogP contribution in [0, 0.1) is 0 Å². The van der Waals surface area contributed by atoms with E-state index in [9.17, 15) is 44.5 Å². The fourth-order valence-corrected chi connectivity index (χ4v) is 16.3. The van der Waals surface area contributed by atoms with Crippen molar-refractivity contribution < 1.29 is 87.3 Å². The number of carbonyl (C=O) groups excluding carboxylic acids is 8. The van der Waals surface area contributed by atoms with E-state index in [1.807, 2.05) is 0 Å². The van der Waals surface area contributed by atoms with Crippen LogP contribution in [0.2, 0.25) is 0 Å². The number of likely N-dealkylation sites (N-methyl/N-ethyl adjacent to an activating group) is 2. The van der Waals surface area contributed by atoms with Crippen LogP contribution in [0.1, 0.15) is 125 Å². The monoisotopic (exact) mass is 1470 g/mol. The number of nitrogens with two attached hydrogens (primary N) is 1. The van der Waals surface area contributed by atoms with Gasteiger partial charge in [-0.25, -0.2) is 39.5 Å². The first kappa shape index (κ1) is 70.5. The number of allylic oxidation sites excluding steroid dienone is 1. The standard InChI is InChI=1S/C62H65N15O18S5/c1-23(78)40-54(85)74-41(24(2)90-8)57-69-35(22-98-57)53(84)75-44-46-47(95-38-13-62(4,88)48(76(6)7)25(3)94-38)61(87)92-15-26-10-9-11-36-39(26)28(16-91-46)45(77(36)89)60(86)93-17-30(66-51(82)33-21-100-59(44)71-33)56-67-31(18-97-56)42-27(55-68-34(19-96-55)52(83)73-40)12-37(79)43(72-42)58-70-32(20-99-58)50(81)65-29(14-64-5)49(63)80/h9-12,18-23,25,29-30,38,40,44,46-48,64,78-79,88-89H,13-17H2,1-8H3,(H2,63,80)(H,65,81)(H,66,82)(H,73,83)(H,74,85)(H,75,84)/b41-24+/t23-,25+,29?,30+,38+,40+,44+,46+,47+,48-,62+/m1/s1. The SMILES string of the molecule is CNCC(NC(=O)c1csc(-c2nc3c(cc2O)-c2nc(cs2)C(=O)N[C@@H]([C@@H](C)O)C(=O)N/C(=C(\C)OC)c2nc(cs2)C(=O)N[C@@H]2c4nc(cs4)C(=O)N[C@@H](COC(=O)c4c5c6c(cccc6n4O)COC(=O)[C@@H](O[C@H]4C[C@](C)(O)[C@H](N(C)C)[C@H](C)O4)[C@H]2OC5)c2nc-3cs2)n1)C(N)=O. The van der Waals surface area contributed by atoms with Crippen LogP contribution < -0.4 is 37.6 Å². The van der Waals surface area contributed by atoms with Gasteiger partial charge in [-0.1, -0.05) is 12.1 Å². The summed E-state index contributed by atoms with van der Waals surface area (Å²) in [5, 5.41) is 70.7. The first-order valence-corrected chi connectivity index (χ1v) is 35.1. The minimum absolute atomic E-state index is 0.00398. The maximum atomic E-state index is 15.2. The number of nitrogens with one attached hydrogen (secondary N) is 6. The minimum Gasteiger partial charge on any atom is -0.506 e. The fourth-order valence-electron chi connectivity index (χ4n) is 12.1. The lowest BCUT2D eigenvalue weighted by atomic mass is 9.85. The first-order chi connectivity index (χ1) is 47.7. The number of aromatic nitrogens is 7. The number of primary amides is 1. The predicted molar refractivity (Wildman–Crippen MR) is 359 cm³/mol. The fraction of sp³-hybridized carbons (Fsp3) is 0.387. The van der Waals surface area contributed by atoms with Crippen LogP contribution in [0.5, 0.6) is 5.75 Å². The van der Waals surface area contributed by atoms with Crippen molar-refractivity contribution in [2.45, 2.75) is 114 Å². The number of nitrogens with zero attached hydrogens (tertiary/aromatic N) is 8. The number of aromatic hydroxyl groups is 1. The van der Waals surface area contributed by atoms with Crippen molar-refractivity contribution >= 4 is 121 Å². The number of rotatable bonds is 11. The van der Waals surface area contributed by atoms with Crippen molar-refractivity contribution in [2.24, 2.45) is 5.73 Å². The van der Waals surface area contributed by atoms with Crippen molar-refractivity contribution in [1.82, 2.24) is 71.4 Å². The number of aliphatic hydroxyl groups is 2. The molecule has 7 aromatic heterocycles. The summed E-state index contributed by atoms with van der Waals surface area (Å²) < 4.78 is 38.2. The Bertz CT molecular complexity index is 4590. The summed E-state index contributed by atoms with van der Waals surface area (Å²) in [6, 6.07) is -0.460. The minimum atomic E-state index is -1.92. The number of methoxy groups -OCH3 is 1. The molecule has 1 saturated heterocycles. The van der Waals surface area contributed by atoms with Crippen molar-refractivity contribution in [1.29, 1.82) is 0 Å². The number of amides is 6. The summed E-state index contributed by atoms with van der Waals surface area (Å²) in [4.78, 5) is 145. The Hall–Kier alpha value is -9.32. The van der Waals surface area contributed by atoms with E-state index in [1.165, 1.54) is 60.0 Å². The Balaban J connectivity index is 1.03. The number of ether oxygens (including phenoxy) is 6. The van der Waals surface area contributed by atoms with Gasteiger partial charge in [-0.05, 0) is 66.5 Å². The van der Waals surface area contributed by atoms with Gasteiger partial charge in [-0.2, -0.15) is 4.73 Å². The molecule has 12 N–H and O–H groups in total. The second-order valence-corrected chi connectivity index (χ2v) is 28.4. The molecular weight excluding hydrogens is 1400 g/mol. The molecule has 1 unspecified atom stereocenters. The highest BCUT2D eigenvalue weighted by molar-refractivity contribution is 7.14. The molecule has 38 heteroatoms. The van der Waals surface area contributed by atoms with Crippen LogP contribution in [0.15, 0.2) is 56.9 Å². The summed E-state index contributed by atoms with van der Waals surface area (Å²) in [5.41, 5.74) is 2.77. The molecule has 1 fully saturated rings. The third kappa shape index (κ3) is 14.0. The zero-order valence-corrected chi connectivity index (χ0v) is 58.3. The van der Waals surface area contributed by atoms with Crippen LogP contribution in [-0.4, -0.2) is 203 Å². The summed E-state index contributed by atoms with van der Waals surface area (Å²) in [6.07, 6.45) is -7.56. The molecule has 4 aliphatic rings. The number of hydrogen-bond donors (Lipinski definition) is 11. The molecular formula is C62H65N15O18S5. The van der Waals surface area contributed by atoms with Gasteiger partial charge in [-0.3, -0.25) is 28.8 Å². The normalized spacial score (nSPS) is 24.1. The van der Waals surface area contributed by atoms with Crippen LogP contribution in [-0.2, 0) is 56.0 Å². The van der Waals surface area contributed by atoms with Gasteiger partial charge in [0.15, 0.2) is 18.1 Å². The van der Waals surface area contributed by atoms with E-state index in [0.29, 0.717) is 10.3 Å². The summed E-state index contributed by atoms with van der Waals surface area (Å²) in [5.74, 6) is -7.98. The first-order valence-electron chi connectivity index (χ1n) is 30.7. The predicted octanol–water partition coefficient (Wildman–Crippen LogP) is 2.97. The van der Waals surface area contributed by atoms with Crippen LogP contribution in [0.3, 0.4) is 0 Å². The van der Waals surface area contributed by atoms with Gasteiger partial charge >= 0.3 is 11.9 Å². The second-order valence-electron chi connectivity index (χ2n) is 24.0. The molecule has 100 heavy (non-hydrogen) atoms. The number of pyridine rings is 1. The molecule has 33 nitrogen and oxygen atoms in total. The third-order valence-electron chi connectivity index (χ3n) is 16.8. The van der Waals surface area contributed by atoms with Gasteiger partial charge < -0.3 is 91.5 Å². The molecule has 6 amide bonds. The van der Waals surface area contributed by atoms with Crippen molar-refractivity contribution in [3.05, 3.63) is 112 Å². The Morgan fingerprint density at radius 2 is 1.53 bits per heavy atom. The van der Waals surface area contributed by atoms with Gasteiger partial charge in [0.05, 0.1) is 43.1 Å². The highest BCUT2D eigenvalue weighted by atomic mass is 32.1. The highest BCUT2D eigenvalue weighted by Crippen LogP contribution is 2.43. The van der Waals surface area contributed by atoms with Gasteiger partial charge in [-0.15, -0.1) is 56.7 Å². The van der Waals surface area contributed by atoms with Crippen LogP contribution in [0.4, 0.5) is 0 Å². The Kier molecular flexibility index (Phi) is 20.3. The van der Waals surface area contributed by atoms with Crippen molar-refractivity contribution in [3.8, 4) is 38.4 Å². The van der Waals surface area contributed by atoms with E-state index in [4.69, 9.17) is 49.1 Å². The van der Waals surface area contributed by atoms with Gasteiger partial charge in [0, 0.05) is 56.4 Å². The molecule has 526 valence electrons. The van der Waals surface area contributed by atoms with E-state index in [0.717, 1.165) is 56.7 Å². The van der Waals surface area contributed by atoms with Crippen molar-refractivity contribution in [2.75, 3.05) is 41.4 Å². The molecule has 1 aromatic carbocycles. The lowest BCUT2D eigenvalue weighted by molar-refractivity contribution is -0.280. The van der Waals surface area contributed by atoms with E-state index < -0.39 is 145 Å². The smallest absolute Gasteiger partial charge is 0.358 e. The average Bonchev–Trinajstić information content (AvgIpc) is 1.56. The molecule has 0 radical (unpaired) electrons. The number of benzene rings is 1. The average molecular weight is 1470 g/mol. The highest BCUT2D eigenvalue weighted by Gasteiger charge is 2.50. The van der Waals surface area contributed by atoms with Crippen LogP contribution in [0.25, 0.3) is 49.3 Å². The number of cyclic esters (lactones) is 2. The van der Waals surface area contributed by atoms with E-state index in [2.05, 4.69) is 46.9 Å². The lowest BCUT2D eigenvalue weighted by Crippen LogP contribution is -2.62. The summed E-state index contributed by atoms with van der Waals surface area (Å²) in [7, 11) is 6.40. The van der Waals surface area contributed by atoms with Gasteiger partial charge in [0.1, 0.15) is 126 Å². The molecule has 4 aliphatic heterocycles. The molecule has 12 rings (SSSR count). The molecule has 12 bridgehead atoms. The zero-order chi connectivity index (χ0) is 71.3. The number of hydrogen-bond acceptors (Lipinski definition) is 31. The molecule has 11 atom stereocenters. The molecule has 11 heterocycles. The van der Waals surface area contributed by atoms with E-state index in [-0.39, 0.29) is 111 Å². The maximum Gasteiger partial charge on any atom is 0.358 e. The zero-order valence-electron chi connectivity index (χ0n) is 54.2. The van der Waals surface area contributed by atoms with E-state index in [1.54, 1.807) is 52.0 Å². The van der Waals surface area contributed by atoms with Crippen molar-refractivity contribution in [3.63, 3.8) is 0 Å². The molecule has 0 saturated carbocycles. The second kappa shape index (κ2) is 28.7. The van der Waals surface area contributed by atoms with E-state index >= 15 is 14.4 Å². The third-order valence-corrected chi connectivity index (χ3v) is 21.3. The lowest BCUT2D eigenvalue weighted by Gasteiger charge is -2.48. The van der Waals surface area contributed by atoms with Gasteiger partial charge in [0.25, 0.3) is 23.6 Å². The summed E-state index contributed by atoms with van der Waals surface area (Å²) >= 11 is 4.51. The summed E-state index contributed by atoms with van der Waals surface area (Å²) in [6.45, 7) is 4.25. The Morgan fingerprint density at radius 3 is 2.24 bits per heavy atom. The van der Waals surface area contributed by atoms with Crippen LogP contribution >= 0.6 is 56.7 Å². The number of fused-ring (bicyclic) bond motifs is 15. The largest absolute Gasteiger partial charge is 0.506 e. The quantitative estimate of drug-likeness (QED) is 0.0504. The number of aliphatic hydroxyl groups excluding tert-OH is 1. The molecule has 0 spiro atoms. The molecule has 0 aliphatic carbocycles. The number of thiazole rings is 5. The number of carbonyl (C=O) groups is 8.